The van der Waals surface area contributed by atoms with Crippen LogP contribution in [0.4, 0.5) is 5.69 Å². The van der Waals surface area contributed by atoms with E-state index in [-0.39, 0.29) is 19.0 Å². The number of carboxylic acid groups (broad SMARTS) is 1. The minimum Gasteiger partial charge on any atom is -0.481 e. The van der Waals surface area contributed by atoms with Crippen LogP contribution in [0.1, 0.15) is 23.2 Å². The van der Waals surface area contributed by atoms with Crippen molar-refractivity contribution in [2.45, 2.75) is 12.8 Å². The second-order valence-electron chi connectivity index (χ2n) is 5.17. The number of nitrogen functional groups attached to an aromatic ring is 1. The Balaban J connectivity index is 1.75. The molecule has 1 fully saturated rings. The standard InChI is InChI=1S/C14H17N3O4/c15-10-3-1-9(2-4-10)12(19)16-7-11(18)17-8-14(5-6-14)13(20)21/h1-4H,5-8,15H2,(H,16,19)(H,17,18)(H,20,21). The summed E-state index contributed by atoms with van der Waals surface area (Å²) in [5, 5.41) is 14.0. The second-order valence-corrected chi connectivity index (χ2v) is 5.17. The summed E-state index contributed by atoms with van der Waals surface area (Å²) in [6, 6.07) is 6.32. The number of anilines is 1. The lowest BCUT2D eigenvalue weighted by Crippen LogP contribution is -2.40. The maximum atomic E-state index is 11.8. The lowest BCUT2D eigenvalue weighted by Gasteiger charge is -2.11. The first-order valence-electron chi connectivity index (χ1n) is 6.57. The molecule has 0 atom stereocenters. The molecule has 0 unspecified atom stereocenters. The number of hydrogen-bond donors (Lipinski definition) is 4. The highest BCUT2D eigenvalue weighted by atomic mass is 16.4. The smallest absolute Gasteiger partial charge is 0.311 e. The van der Waals surface area contributed by atoms with E-state index in [2.05, 4.69) is 10.6 Å². The van der Waals surface area contributed by atoms with Gasteiger partial charge in [-0.1, -0.05) is 0 Å². The van der Waals surface area contributed by atoms with E-state index >= 15 is 0 Å². The van der Waals surface area contributed by atoms with Gasteiger partial charge >= 0.3 is 5.97 Å². The molecule has 1 aromatic rings. The number of rotatable bonds is 6. The van der Waals surface area contributed by atoms with Crippen molar-refractivity contribution in [3.05, 3.63) is 29.8 Å². The maximum absolute atomic E-state index is 11.8. The fraction of sp³-hybridized carbons (Fsp3) is 0.357. The van der Waals surface area contributed by atoms with E-state index in [9.17, 15) is 14.4 Å². The van der Waals surface area contributed by atoms with Crippen molar-refractivity contribution in [3.63, 3.8) is 0 Å². The molecule has 112 valence electrons. The van der Waals surface area contributed by atoms with Gasteiger partial charge in [0.05, 0.1) is 12.0 Å². The summed E-state index contributed by atoms with van der Waals surface area (Å²) in [5.74, 6) is -1.69. The Morgan fingerprint density at radius 3 is 2.29 bits per heavy atom. The minimum absolute atomic E-state index is 0.0961. The van der Waals surface area contributed by atoms with E-state index < -0.39 is 17.3 Å². The van der Waals surface area contributed by atoms with Gasteiger partial charge in [0.15, 0.2) is 0 Å². The zero-order chi connectivity index (χ0) is 15.5. The molecule has 0 heterocycles. The molecule has 0 aliphatic heterocycles. The number of carbonyl (C=O) groups is 3. The Bertz CT molecular complexity index is 564. The number of amides is 2. The van der Waals surface area contributed by atoms with E-state index in [1.165, 1.54) is 0 Å². The number of benzene rings is 1. The van der Waals surface area contributed by atoms with Crippen molar-refractivity contribution in [3.8, 4) is 0 Å². The van der Waals surface area contributed by atoms with Gasteiger partial charge in [0.2, 0.25) is 5.91 Å². The van der Waals surface area contributed by atoms with Crippen LogP contribution in [0.15, 0.2) is 24.3 Å². The highest BCUT2D eigenvalue weighted by molar-refractivity contribution is 5.96. The molecule has 0 radical (unpaired) electrons. The van der Waals surface area contributed by atoms with Gasteiger partial charge in [-0.3, -0.25) is 14.4 Å². The van der Waals surface area contributed by atoms with Crippen molar-refractivity contribution >= 4 is 23.5 Å². The van der Waals surface area contributed by atoms with Gasteiger partial charge in [-0.05, 0) is 37.1 Å². The summed E-state index contributed by atoms with van der Waals surface area (Å²) >= 11 is 0. The molecule has 7 heteroatoms. The molecule has 2 amide bonds. The van der Waals surface area contributed by atoms with Crippen LogP contribution >= 0.6 is 0 Å². The molecule has 0 spiro atoms. The minimum atomic E-state index is -0.895. The number of aliphatic carboxylic acids is 1. The normalized spacial score (nSPS) is 15.0. The first kappa shape index (κ1) is 14.8. The quantitative estimate of drug-likeness (QED) is 0.549. The summed E-state index contributed by atoms with van der Waals surface area (Å²) in [5.41, 5.74) is 5.66. The maximum Gasteiger partial charge on any atom is 0.311 e. The van der Waals surface area contributed by atoms with Crippen LogP contribution in [0, 0.1) is 5.41 Å². The Hall–Kier alpha value is -2.57. The third-order valence-corrected chi connectivity index (χ3v) is 3.51. The van der Waals surface area contributed by atoms with Crippen molar-refractivity contribution in [1.82, 2.24) is 10.6 Å². The monoisotopic (exact) mass is 291 g/mol. The molecule has 1 aliphatic carbocycles. The molecule has 1 aliphatic rings. The van der Waals surface area contributed by atoms with Gasteiger partial charge in [-0.25, -0.2) is 0 Å². The van der Waals surface area contributed by atoms with E-state index in [1.54, 1.807) is 24.3 Å². The van der Waals surface area contributed by atoms with E-state index in [0.717, 1.165) is 0 Å². The molecule has 2 rings (SSSR count). The molecular weight excluding hydrogens is 274 g/mol. The number of nitrogens with one attached hydrogen (secondary N) is 2. The van der Waals surface area contributed by atoms with Crippen LogP contribution in [0.3, 0.4) is 0 Å². The number of nitrogens with two attached hydrogens (primary N) is 1. The van der Waals surface area contributed by atoms with E-state index in [4.69, 9.17) is 10.8 Å². The van der Waals surface area contributed by atoms with Crippen LogP contribution in [0.5, 0.6) is 0 Å². The molecule has 1 aromatic carbocycles. The molecule has 1 saturated carbocycles. The topological polar surface area (TPSA) is 122 Å². The van der Waals surface area contributed by atoms with Crippen LogP contribution in [-0.4, -0.2) is 36.0 Å². The predicted octanol–water partition coefficient (Wildman–Crippen LogP) is -0.0204. The number of hydrogen-bond acceptors (Lipinski definition) is 4. The third kappa shape index (κ3) is 3.71. The highest BCUT2D eigenvalue weighted by Gasteiger charge is 2.50. The fourth-order valence-corrected chi connectivity index (χ4v) is 1.84. The van der Waals surface area contributed by atoms with Gasteiger partial charge in [0.1, 0.15) is 0 Å². The number of carbonyl (C=O) groups excluding carboxylic acids is 2. The molecule has 0 bridgehead atoms. The first-order valence-corrected chi connectivity index (χ1v) is 6.57. The lowest BCUT2D eigenvalue weighted by atomic mass is 10.1. The Kier molecular flexibility index (Phi) is 4.11. The predicted molar refractivity (Wildman–Crippen MR) is 75.5 cm³/mol. The van der Waals surface area contributed by atoms with Gasteiger partial charge < -0.3 is 21.5 Å². The largest absolute Gasteiger partial charge is 0.481 e. The van der Waals surface area contributed by atoms with Crippen molar-refractivity contribution in [2.24, 2.45) is 5.41 Å². The van der Waals surface area contributed by atoms with Gasteiger partial charge in [-0.2, -0.15) is 0 Å². The average Bonchev–Trinajstić information content (AvgIpc) is 3.24. The van der Waals surface area contributed by atoms with Crippen LogP contribution in [0.2, 0.25) is 0 Å². The summed E-state index contributed by atoms with van der Waals surface area (Å²) in [6.07, 6.45) is 1.14. The summed E-state index contributed by atoms with van der Waals surface area (Å²) in [6.45, 7) is -0.0994. The lowest BCUT2D eigenvalue weighted by molar-refractivity contribution is -0.143. The average molecular weight is 291 g/mol. The van der Waals surface area contributed by atoms with Crippen molar-refractivity contribution in [2.75, 3.05) is 18.8 Å². The molecule has 21 heavy (non-hydrogen) atoms. The zero-order valence-electron chi connectivity index (χ0n) is 11.4. The molecule has 7 nitrogen and oxygen atoms in total. The Labute approximate surface area is 121 Å². The van der Waals surface area contributed by atoms with Gasteiger partial charge in [-0.15, -0.1) is 0 Å². The Morgan fingerprint density at radius 1 is 1.14 bits per heavy atom. The third-order valence-electron chi connectivity index (χ3n) is 3.51. The summed E-state index contributed by atoms with van der Waals surface area (Å²) in [7, 11) is 0. The molecule has 0 saturated heterocycles. The summed E-state index contributed by atoms with van der Waals surface area (Å²) < 4.78 is 0. The molecule has 0 aromatic heterocycles. The molecular formula is C14H17N3O4. The van der Waals surface area contributed by atoms with Crippen molar-refractivity contribution in [1.29, 1.82) is 0 Å². The number of carboxylic acids is 1. The summed E-state index contributed by atoms with van der Waals surface area (Å²) in [4.78, 5) is 34.3. The van der Waals surface area contributed by atoms with Gasteiger partial charge in [0, 0.05) is 17.8 Å². The van der Waals surface area contributed by atoms with Crippen LogP contribution < -0.4 is 16.4 Å². The second kappa shape index (κ2) is 5.82. The highest BCUT2D eigenvalue weighted by Crippen LogP contribution is 2.45. The van der Waals surface area contributed by atoms with Gasteiger partial charge in [0.25, 0.3) is 5.91 Å². The zero-order valence-corrected chi connectivity index (χ0v) is 11.4. The van der Waals surface area contributed by atoms with Crippen LogP contribution in [0.25, 0.3) is 0 Å². The van der Waals surface area contributed by atoms with Crippen LogP contribution in [-0.2, 0) is 9.59 Å². The van der Waals surface area contributed by atoms with E-state index in [0.29, 0.717) is 24.1 Å². The Morgan fingerprint density at radius 2 is 1.76 bits per heavy atom. The fourth-order valence-electron chi connectivity index (χ4n) is 1.84. The van der Waals surface area contributed by atoms with E-state index in [1.807, 2.05) is 0 Å². The molecule has 5 N–H and O–H groups in total. The van der Waals surface area contributed by atoms with Crippen molar-refractivity contribution < 1.29 is 19.5 Å². The first-order chi connectivity index (χ1) is 9.93. The SMILES string of the molecule is Nc1ccc(C(=O)NCC(=O)NCC2(C(=O)O)CC2)cc1.